The summed E-state index contributed by atoms with van der Waals surface area (Å²) >= 11 is 11.8. The Morgan fingerprint density at radius 2 is 1.85 bits per heavy atom. The van der Waals surface area contributed by atoms with Gasteiger partial charge >= 0.3 is 17.8 Å². The summed E-state index contributed by atoms with van der Waals surface area (Å²) in [5.74, 6) is -2.35. The molecule has 0 aromatic heterocycles. The minimum atomic E-state index is -0.977. The Labute approximate surface area is 166 Å². The molecule has 1 aliphatic heterocycles. The summed E-state index contributed by atoms with van der Waals surface area (Å²) in [5.41, 5.74) is 0.300. The van der Waals surface area contributed by atoms with Gasteiger partial charge in [-0.2, -0.15) is 0 Å². The summed E-state index contributed by atoms with van der Waals surface area (Å²) in [6, 6.07) is 3.48. The summed E-state index contributed by atoms with van der Waals surface area (Å²) in [6.07, 6.45) is 3.50. The number of benzene rings is 1. The molecule has 7 nitrogen and oxygen atoms in total. The molecule has 1 N–H and O–H groups in total. The van der Waals surface area contributed by atoms with Crippen molar-refractivity contribution in [3.8, 4) is 0 Å². The lowest BCUT2D eigenvalue weighted by molar-refractivity contribution is -0.145. The zero-order valence-electron chi connectivity index (χ0n) is 14.7. The first kappa shape index (κ1) is 19.6. The molecule has 0 spiro atoms. The smallest absolute Gasteiger partial charge is 0.323 e. The van der Waals surface area contributed by atoms with E-state index in [-0.39, 0.29) is 17.0 Å². The summed E-state index contributed by atoms with van der Waals surface area (Å²) in [4.78, 5) is 51.2. The SMILES string of the molecule is C[C@H]1CCCC[C@@H]1N1C(=O)C(=O)N(CC(=O)Nc2ccc(Cl)cc2Cl)C1=O. The molecule has 1 saturated heterocycles. The van der Waals surface area contributed by atoms with Crippen molar-refractivity contribution in [1.82, 2.24) is 9.80 Å². The Hall–Kier alpha value is -2.12. The van der Waals surface area contributed by atoms with Crippen LogP contribution in [0.1, 0.15) is 32.6 Å². The molecule has 1 aromatic carbocycles. The van der Waals surface area contributed by atoms with Crippen LogP contribution in [0.4, 0.5) is 10.5 Å². The molecule has 5 amide bonds. The van der Waals surface area contributed by atoms with Gasteiger partial charge in [-0.05, 0) is 37.0 Å². The third kappa shape index (κ3) is 3.94. The zero-order chi connectivity index (χ0) is 19.7. The van der Waals surface area contributed by atoms with Crippen LogP contribution >= 0.6 is 23.2 Å². The van der Waals surface area contributed by atoms with Crippen molar-refractivity contribution in [2.24, 2.45) is 5.92 Å². The van der Waals surface area contributed by atoms with Gasteiger partial charge in [0.1, 0.15) is 6.54 Å². The Morgan fingerprint density at radius 3 is 2.52 bits per heavy atom. The third-order valence-corrected chi connectivity index (χ3v) is 5.54. The molecule has 9 heteroatoms. The lowest BCUT2D eigenvalue weighted by Gasteiger charge is -2.34. The molecule has 144 valence electrons. The highest BCUT2D eigenvalue weighted by Crippen LogP contribution is 2.31. The van der Waals surface area contributed by atoms with E-state index in [4.69, 9.17) is 23.2 Å². The molecule has 1 saturated carbocycles. The van der Waals surface area contributed by atoms with E-state index in [2.05, 4.69) is 5.32 Å². The van der Waals surface area contributed by atoms with E-state index in [1.165, 1.54) is 12.1 Å². The number of halogens is 2. The molecule has 2 aliphatic rings. The fourth-order valence-electron chi connectivity index (χ4n) is 3.56. The number of rotatable bonds is 4. The lowest BCUT2D eigenvalue weighted by Crippen LogP contribution is -2.46. The second-order valence-corrected chi connectivity index (χ2v) is 7.69. The van der Waals surface area contributed by atoms with Crippen LogP contribution in [0.3, 0.4) is 0 Å². The average Bonchev–Trinajstić information content (AvgIpc) is 2.82. The molecule has 0 radical (unpaired) electrons. The minimum absolute atomic E-state index is 0.126. The van der Waals surface area contributed by atoms with Gasteiger partial charge in [0.25, 0.3) is 0 Å². The molecule has 1 aromatic rings. The second kappa shape index (κ2) is 7.86. The highest BCUT2D eigenvalue weighted by atomic mass is 35.5. The number of carbonyl (C=O) groups is 4. The number of carbonyl (C=O) groups excluding carboxylic acids is 4. The summed E-state index contributed by atoms with van der Waals surface area (Å²) < 4.78 is 0. The van der Waals surface area contributed by atoms with Gasteiger partial charge in [0.05, 0.1) is 10.7 Å². The van der Waals surface area contributed by atoms with Crippen LogP contribution < -0.4 is 5.32 Å². The van der Waals surface area contributed by atoms with Crippen LogP contribution in [-0.4, -0.2) is 46.1 Å². The first-order chi connectivity index (χ1) is 12.8. The number of anilines is 1. The Kier molecular flexibility index (Phi) is 5.72. The van der Waals surface area contributed by atoms with Crippen LogP contribution in [0.5, 0.6) is 0 Å². The highest BCUT2D eigenvalue weighted by Gasteiger charge is 2.49. The van der Waals surface area contributed by atoms with E-state index in [0.717, 1.165) is 24.2 Å². The standard InChI is InChI=1S/C18H19Cl2N3O4/c1-10-4-2-3-5-14(10)23-17(26)16(25)22(18(23)27)9-15(24)21-13-7-6-11(19)8-12(13)20/h6-8,10,14H,2-5,9H2,1H3,(H,21,24)/t10-,14-/m0/s1. The maximum Gasteiger partial charge on any atom is 0.334 e. The number of hydrogen-bond acceptors (Lipinski definition) is 4. The van der Waals surface area contributed by atoms with Crippen molar-refractivity contribution in [3.05, 3.63) is 28.2 Å². The molecule has 0 unspecified atom stereocenters. The van der Waals surface area contributed by atoms with Gasteiger partial charge < -0.3 is 5.32 Å². The normalized spacial score (nSPS) is 23.1. The largest absolute Gasteiger partial charge is 0.334 e. The zero-order valence-corrected chi connectivity index (χ0v) is 16.2. The number of imide groups is 2. The van der Waals surface area contributed by atoms with Crippen LogP contribution in [-0.2, 0) is 14.4 Å². The Bertz CT molecular complexity index is 814. The first-order valence-corrected chi connectivity index (χ1v) is 9.49. The molecule has 2 fully saturated rings. The van der Waals surface area contributed by atoms with E-state index in [0.29, 0.717) is 22.0 Å². The topological polar surface area (TPSA) is 86.8 Å². The van der Waals surface area contributed by atoms with Crippen molar-refractivity contribution in [2.45, 2.75) is 38.6 Å². The van der Waals surface area contributed by atoms with Crippen LogP contribution in [0, 0.1) is 5.92 Å². The predicted molar refractivity (Wildman–Crippen MR) is 100 cm³/mol. The molecule has 1 aliphatic carbocycles. The van der Waals surface area contributed by atoms with Crippen LogP contribution in [0.15, 0.2) is 18.2 Å². The number of urea groups is 1. The monoisotopic (exact) mass is 411 g/mol. The van der Waals surface area contributed by atoms with Crippen molar-refractivity contribution in [1.29, 1.82) is 0 Å². The van der Waals surface area contributed by atoms with Gasteiger partial charge in [-0.15, -0.1) is 0 Å². The highest BCUT2D eigenvalue weighted by molar-refractivity contribution is 6.45. The molecular formula is C18H19Cl2N3O4. The van der Waals surface area contributed by atoms with E-state index in [1.54, 1.807) is 6.07 Å². The van der Waals surface area contributed by atoms with E-state index in [9.17, 15) is 19.2 Å². The van der Waals surface area contributed by atoms with Gasteiger partial charge in [-0.3, -0.25) is 19.3 Å². The summed E-state index contributed by atoms with van der Waals surface area (Å²) in [5, 5.41) is 3.15. The van der Waals surface area contributed by atoms with Gasteiger partial charge in [0, 0.05) is 11.1 Å². The second-order valence-electron chi connectivity index (χ2n) is 6.85. The summed E-state index contributed by atoms with van der Waals surface area (Å²) in [7, 11) is 0. The molecule has 27 heavy (non-hydrogen) atoms. The number of hydrogen-bond donors (Lipinski definition) is 1. The first-order valence-electron chi connectivity index (χ1n) is 8.73. The van der Waals surface area contributed by atoms with Crippen LogP contribution in [0.25, 0.3) is 0 Å². The van der Waals surface area contributed by atoms with Gasteiger partial charge in [0.2, 0.25) is 5.91 Å². The maximum absolute atomic E-state index is 12.7. The molecular weight excluding hydrogens is 393 g/mol. The van der Waals surface area contributed by atoms with E-state index < -0.39 is 30.3 Å². The lowest BCUT2D eigenvalue weighted by atomic mass is 9.85. The van der Waals surface area contributed by atoms with Crippen LogP contribution in [0.2, 0.25) is 10.0 Å². The third-order valence-electron chi connectivity index (χ3n) is 4.99. The number of nitrogens with zero attached hydrogens (tertiary/aromatic N) is 2. The predicted octanol–water partition coefficient (Wildman–Crippen LogP) is 3.30. The average molecular weight is 412 g/mol. The van der Waals surface area contributed by atoms with Gasteiger partial charge in [0.15, 0.2) is 0 Å². The Morgan fingerprint density at radius 1 is 1.15 bits per heavy atom. The number of amides is 5. The Balaban J connectivity index is 1.71. The fourth-order valence-corrected chi connectivity index (χ4v) is 4.01. The number of nitrogens with one attached hydrogen (secondary N) is 1. The van der Waals surface area contributed by atoms with Crippen molar-refractivity contribution >= 4 is 52.6 Å². The van der Waals surface area contributed by atoms with E-state index >= 15 is 0 Å². The van der Waals surface area contributed by atoms with Crippen molar-refractivity contribution in [3.63, 3.8) is 0 Å². The van der Waals surface area contributed by atoms with Gasteiger partial charge in [-0.1, -0.05) is 43.0 Å². The summed E-state index contributed by atoms with van der Waals surface area (Å²) in [6.45, 7) is 1.41. The molecule has 0 bridgehead atoms. The van der Waals surface area contributed by atoms with Crippen molar-refractivity contribution in [2.75, 3.05) is 11.9 Å². The molecule has 1 heterocycles. The minimum Gasteiger partial charge on any atom is -0.323 e. The van der Waals surface area contributed by atoms with Gasteiger partial charge in [-0.25, -0.2) is 9.69 Å². The van der Waals surface area contributed by atoms with Crippen molar-refractivity contribution < 1.29 is 19.2 Å². The molecule has 2 atom stereocenters. The van der Waals surface area contributed by atoms with E-state index in [1.807, 2.05) is 6.92 Å². The fraction of sp³-hybridized carbons (Fsp3) is 0.444. The molecule has 3 rings (SSSR count). The quantitative estimate of drug-likeness (QED) is 0.607. The maximum atomic E-state index is 12.7.